The van der Waals surface area contributed by atoms with Gasteiger partial charge in [-0.3, -0.25) is 4.79 Å². The van der Waals surface area contributed by atoms with Gasteiger partial charge in [-0.1, -0.05) is 30.7 Å². The van der Waals surface area contributed by atoms with E-state index in [1.54, 1.807) is 19.1 Å². The fourth-order valence-corrected chi connectivity index (χ4v) is 2.50. The normalized spacial score (nSPS) is 10.9. The Morgan fingerprint density at radius 2 is 2.00 bits per heavy atom. The third-order valence-electron chi connectivity index (χ3n) is 3.65. The molecule has 6 heteroatoms. The van der Waals surface area contributed by atoms with Crippen molar-refractivity contribution >= 4 is 29.3 Å². The maximum absolute atomic E-state index is 12.3. The van der Waals surface area contributed by atoms with E-state index in [0.29, 0.717) is 17.9 Å². The van der Waals surface area contributed by atoms with E-state index in [9.17, 15) is 15.2 Å². The highest BCUT2D eigenvalue weighted by atomic mass is 35.5. The van der Waals surface area contributed by atoms with Crippen LogP contribution in [0.5, 0.6) is 11.5 Å². The quantitative estimate of drug-likeness (QED) is 0.577. The number of halogens is 1. The van der Waals surface area contributed by atoms with Gasteiger partial charge in [-0.25, -0.2) is 0 Å². The number of carbonyl (C=O) groups is 1. The summed E-state index contributed by atoms with van der Waals surface area (Å²) in [5, 5.41) is 22.0. The van der Waals surface area contributed by atoms with Gasteiger partial charge in [-0.05, 0) is 54.8 Å². The van der Waals surface area contributed by atoms with Crippen LogP contribution >= 0.6 is 11.6 Å². The van der Waals surface area contributed by atoms with Crippen LogP contribution in [0.15, 0.2) is 42.0 Å². The van der Waals surface area contributed by atoms with E-state index in [1.807, 2.05) is 25.1 Å². The first-order valence-electron chi connectivity index (χ1n) is 8.15. The molecule has 134 valence electrons. The minimum absolute atomic E-state index is 0.0788. The van der Waals surface area contributed by atoms with Crippen LogP contribution in [0.1, 0.15) is 25.0 Å². The van der Waals surface area contributed by atoms with Gasteiger partial charge in [-0.2, -0.15) is 5.26 Å². The molecule has 0 aliphatic rings. The summed E-state index contributed by atoms with van der Waals surface area (Å²) < 4.78 is 5.30. The van der Waals surface area contributed by atoms with Gasteiger partial charge in [0.2, 0.25) is 0 Å². The molecule has 0 unspecified atom stereocenters. The number of ether oxygens (including phenoxy) is 1. The molecule has 0 saturated carbocycles. The molecule has 5 nitrogen and oxygen atoms in total. The Bertz CT molecular complexity index is 868. The van der Waals surface area contributed by atoms with Gasteiger partial charge in [0.1, 0.15) is 11.6 Å². The van der Waals surface area contributed by atoms with E-state index in [1.165, 1.54) is 18.2 Å². The SMILES string of the molecule is CCOc1cc(/C=C(/C#N)C(=O)Nc2ccc(CC)cc2)cc(Cl)c1O. The number of nitrogens with zero attached hydrogens (tertiary/aromatic N) is 1. The highest BCUT2D eigenvalue weighted by Gasteiger charge is 2.13. The summed E-state index contributed by atoms with van der Waals surface area (Å²) in [6.07, 6.45) is 2.30. The lowest BCUT2D eigenvalue weighted by atomic mass is 10.1. The molecular weight excluding hydrogens is 352 g/mol. The maximum atomic E-state index is 12.3. The predicted octanol–water partition coefficient (Wildman–Crippen LogP) is 4.55. The number of aryl methyl sites for hydroxylation is 1. The van der Waals surface area contributed by atoms with Gasteiger partial charge in [-0.15, -0.1) is 0 Å². The van der Waals surface area contributed by atoms with Crippen molar-refractivity contribution in [3.63, 3.8) is 0 Å². The van der Waals surface area contributed by atoms with Gasteiger partial charge in [0.25, 0.3) is 5.91 Å². The molecule has 0 heterocycles. The molecule has 0 atom stereocenters. The highest BCUT2D eigenvalue weighted by Crippen LogP contribution is 2.35. The fraction of sp³-hybridized carbons (Fsp3) is 0.200. The van der Waals surface area contributed by atoms with Crippen molar-refractivity contribution in [2.24, 2.45) is 0 Å². The molecule has 1 amide bonds. The average Bonchev–Trinajstić information content (AvgIpc) is 2.64. The summed E-state index contributed by atoms with van der Waals surface area (Å²) in [6.45, 7) is 4.16. The second-order valence-corrected chi connectivity index (χ2v) is 5.86. The molecular formula is C20H19ClN2O3. The number of phenolic OH excluding ortho intramolecular Hbond substituents is 1. The van der Waals surface area contributed by atoms with Crippen molar-refractivity contribution in [2.45, 2.75) is 20.3 Å². The Hall–Kier alpha value is -2.97. The smallest absolute Gasteiger partial charge is 0.266 e. The summed E-state index contributed by atoms with van der Waals surface area (Å²) in [5.41, 5.74) is 2.14. The second kappa shape index (κ2) is 8.93. The van der Waals surface area contributed by atoms with Crippen molar-refractivity contribution in [3.8, 4) is 17.6 Å². The minimum atomic E-state index is -0.529. The molecule has 0 aromatic heterocycles. The van der Waals surface area contributed by atoms with E-state index in [0.717, 1.165) is 12.0 Å². The lowest BCUT2D eigenvalue weighted by Gasteiger charge is -2.09. The predicted molar refractivity (Wildman–Crippen MR) is 102 cm³/mol. The number of aromatic hydroxyl groups is 1. The number of amides is 1. The Morgan fingerprint density at radius 1 is 1.31 bits per heavy atom. The third kappa shape index (κ3) is 4.78. The average molecular weight is 371 g/mol. The number of nitrogens with one attached hydrogen (secondary N) is 1. The van der Waals surface area contributed by atoms with E-state index in [4.69, 9.17) is 16.3 Å². The van der Waals surface area contributed by atoms with E-state index >= 15 is 0 Å². The minimum Gasteiger partial charge on any atom is -0.503 e. The molecule has 26 heavy (non-hydrogen) atoms. The number of hydrogen-bond acceptors (Lipinski definition) is 4. The Morgan fingerprint density at radius 3 is 2.58 bits per heavy atom. The zero-order chi connectivity index (χ0) is 19.1. The van der Waals surface area contributed by atoms with Crippen LogP contribution in [0.4, 0.5) is 5.69 Å². The van der Waals surface area contributed by atoms with Crippen LogP contribution < -0.4 is 10.1 Å². The first-order chi connectivity index (χ1) is 12.5. The van der Waals surface area contributed by atoms with Crippen molar-refractivity contribution in [1.82, 2.24) is 0 Å². The fourth-order valence-electron chi connectivity index (χ4n) is 2.28. The molecule has 0 spiro atoms. The largest absolute Gasteiger partial charge is 0.503 e. The topological polar surface area (TPSA) is 82.3 Å². The number of rotatable bonds is 6. The summed E-state index contributed by atoms with van der Waals surface area (Å²) in [4.78, 5) is 12.3. The van der Waals surface area contributed by atoms with Crippen molar-refractivity contribution < 1.29 is 14.6 Å². The molecule has 0 saturated heterocycles. The molecule has 2 N–H and O–H groups in total. The number of carbonyl (C=O) groups excluding carboxylic acids is 1. The van der Waals surface area contributed by atoms with Gasteiger partial charge in [0.05, 0.1) is 11.6 Å². The number of nitriles is 1. The van der Waals surface area contributed by atoms with Crippen molar-refractivity contribution in [3.05, 3.63) is 58.1 Å². The number of phenols is 1. The molecule has 0 aliphatic carbocycles. The van der Waals surface area contributed by atoms with Gasteiger partial charge in [0, 0.05) is 5.69 Å². The van der Waals surface area contributed by atoms with E-state index < -0.39 is 5.91 Å². The Labute approximate surface area is 157 Å². The Balaban J connectivity index is 2.26. The molecule has 2 aromatic carbocycles. The molecule has 0 aliphatic heterocycles. The highest BCUT2D eigenvalue weighted by molar-refractivity contribution is 6.32. The molecule has 0 radical (unpaired) electrons. The maximum Gasteiger partial charge on any atom is 0.266 e. The first-order valence-corrected chi connectivity index (χ1v) is 8.53. The van der Waals surface area contributed by atoms with E-state index in [2.05, 4.69) is 5.32 Å². The van der Waals surface area contributed by atoms with Gasteiger partial charge in [0.15, 0.2) is 11.5 Å². The second-order valence-electron chi connectivity index (χ2n) is 5.46. The van der Waals surface area contributed by atoms with Crippen LogP contribution in [0.2, 0.25) is 5.02 Å². The van der Waals surface area contributed by atoms with Crippen LogP contribution in [0, 0.1) is 11.3 Å². The Kier molecular flexibility index (Phi) is 6.65. The van der Waals surface area contributed by atoms with Crippen LogP contribution in [0.3, 0.4) is 0 Å². The standard InChI is InChI=1S/C20H19ClN2O3/c1-3-13-5-7-16(8-6-13)23-20(25)15(12-22)9-14-10-17(21)19(24)18(11-14)26-4-2/h5-11,24H,3-4H2,1-2H3,(H,23,25)/b15-9-. The molecule has 2 rings (SSSR count). The van der Waals surface area contributed by atoms with Crippen LogP contribution in [-0.4, -0.2) is 17.6 Å². The summed E-state index contributed by atoms with van der Waals surface area (Å²) >= 11 is 5.98. The number of benzene rings is 2. The summed E-state index contributed by atoms with van der Waals surface area (Å²) in [7, 11) is 0. The molecule has 0 fully saturated rings. The van der Waals surface area contributed by atoms with Gasteiger partial charge >= 0.3 is 0 Å². The zero-order valence-corrected chi connectivity index (χ0v) is 15.3. The third-order valence-corrected chi connectivity index (χ3v) is 3.93. The molecule has 0 bridgehead atoms. The summed E-state index contributed by atoms with van der Waals surface area (Å²) in [5.74, 6) is -0.511. The first kappa shape index (κ1) is 19.4. The van der Waals surface area contributed by atoms with Crippen LogP contribution in [-0.2, 0) is 11.2 Å². The lowest BCUT2D eigenvalue weighted by molar-refractivity contribution is -0.112. The number of hydrogen-bond donors (Lipinski definition) is 2. The monoisotopic (exact) mass is 370 g/mol. The zero-order valence-electron chi connectivity index (χ0n) is 14.5. The van der Waals surface area contributed by atoms with Crippen molar-refractivity contribution in [1.29, 1.82) is 5.26 Å². The molecule has 2 aromatic rings. The van der Waals surface area contributed by atoms with Crippen LogP contribution in [0.25, 0.3) is 6.08 Å². The number of anilines is 1. The van der Waals surface area contributed by atoms with Crippen molar-refractivity contribution in [2.75, 3.05) is 11.9 Å². The van der Waals surface area contributed by atoms with E-state index in [-0.39, 0.29) is 22.1 Å². The lowest BCUT2D eigenvalue weighted by Crippen LogP contribution is -2.13. The summed E-state index contributed by atoms with van der Waals surface area (Å²) in [6, 6.07) is 12.3. The van der Waals surface area contributed by atoms with Gasteiger partial charge < -0.3 is 15.2 Å².